The van der Waals surface area contributed by atoms with Crippen LogP contribution in [0.5, 0.6) is 0 Å². The number of benzene rings is 1. The van der Waals surface area contributed by atoms with E-state index in [4.69, 9.17) is 4.74 Å². The van der Waals surface area contributed by atoms with E-state index in [1.807, 2.05) is 19.1 Å². The van der Waals surface area contributed by atoms with Gasteiger partial charge < -0.3 is 4.74 Å². The first-order valence-corrected chi connectivity index (χ1v) is 6.40. The molecular formula is C14H13BrO3. The Morgan fingerprint density at radius 2 is 1.83 bits per heavy atom. The molecule has 0 N–H and O–H groups in total. The summed E-state index contributed by atoms with van der Waals surface area (Å²) in [6, 6.07) is 5.55. The number of rotatable bonds is 1. The lowest BCUT2D eigenvalue weighted by Crippen LogP contribution is -2.30. The third-order valence-corrected chi connectivity index (χ3v) is 3.80. The summed E-state index contributed by atoms with van der Waals surface area (Å²) in [6.45, 7) is 5.26. The van der Waals surface area contributed by atoms with E-state index >= 15 is 0 Å². The highest BCUT2D eigenvalue weighted by Gasteiger charge is 2.37. The molecule has 2 rings (SSSR count). The van der Waals surface area contributed by atoms with E-state index in [0.717, 1.165) is 10.0 Å². The highest BCUT2D eigenvalue weighted by atomic mass is 79.9. The van der Waals surface area contributed by atoms with Crippen LogP contribution in [0.3, 0.4) is 0 Å². The summed E-state index contributed by atoms with van der Waals surface area (Å²) in [5.41, 5.74) is 2.22. The second kappa shape index (κ2) is 4.69. The van der Waals surface area contributed by atoms with Crippen molar-refractivity contribution in [1.29, 1.82) is 0 Å². The number of carbonyl (C=O) groups excluding carboxylic acids is 2. The van der Waals surface area contributed by atoms with E-state index in [0.29, 0.717) is 16.9 Å². The maximum atomic E-state index is 12.2. The second-order valence-corrected chi connectivity index (χ2v) is 5.28. The van der Waals surface area contributed by atoms with Gasteiger partial charge in [0.1, 0.15) is 11.7 Å². The molecule has 1 atom stereocenters. The van der Waals surface area contributed by atoms with Gasteiger partial charge in [-0.3, -0.25) is 9.59 Å². The molecule has 1 heterocycles. The fourth-order valence-corrected chi connectivity index (χ4v) is 2.64. The van der Waals surface area contributed by atoms with Crippen molar-refractivity contribution >= 4 is 27.7 Å². The summed E-state index contributed by atoms with van der Waals surface area (Å²) in [5.74, 6) is -1.16. The minimum atomic E-state index is -0.858. The summed E-state index contributed by atoms with van der Waals surface area (Å²) < 4.78 is 5.87. The lowest BCUT2D eigenvalue weighted by Gasteiger charge is -2.23. The first-order chi connectivity index (χ1) is 8.41. The topological polar surface area (TPSA) is 43.4 Å². The second-order valence-electron chi connectivity index (χ2n) is 4.42. The Balaban J connectivity index is 2.51. The summed E-state index contributed by atoms with van der Waals surface area (Å²) >= 11 is 3.40. The van der Waals surface area contributed by atoms with Crippen LogP contribution in [0.1, 0.15) is 30.9 Å². The fourth-order valence-electron chi connectivity index (χ4n) is 1.92. The zero-order valence-corrected chi connectivity index (χ0v) is 12.0. The van der Waals surface area contributed by atoms with Crippen molar-refractivity contribution in [2.24, 2.45) is 0 Å². The molecule has 3 nitrogen and oxygen atoms in total. The van der Waals surface area contributed by atoms with Crippen LogP contribution in [-0.4, -0.2) is 11.8 Å². The number of hydrogen-bond acceptors (Lipinski definition) is 3. The molecule has 0 aromatic heterocycles. The third kappa shape index (κ3) is 2.12. The number of halogens is 1. The van der Waals surface area contributed by atoms with Gasteiger partial charge in [0.2, 0.25) is 0 Å². The SMILES string of the molecule is CC1=C(C)C(=O)C(c2ccc(C)cc2Br)C(=O)O1. The van der Waals surface area contributed by atoms with Gasteiger partial charge in [0.25, 0.3) is 0 Å². The minimum absolute atomic E-state index is 0.187. The summed E-state index contributed by atoms with van der Waals surface area (Å²) in [4.78, 5) is 24.1. The van der Waals surface area contributed by atoms with Gasteiger partial charge in [-0.1, -0.05) is 28.1 Å². The Hall–Kier alpha value is -1.42. The molecule has 0 amide bonds. The molecule has 0 fully saturated rings. The predicted molar refractivity (Wildman–Crippen MR) is 71.1 cm³/mol. The predicted octanol–water partition coefficient (Wildman–Crippen LogP) is 3.26. The van der Waals surface area contributed by atoms with Crippen LogP contribution in [0.25, 0.3) is 0 Å². The number of hydrogen-bond donors (Lipinski definition) is 0. The average molecular weight is 309 g/mol. The van der Waals surface area contributed by atoms with Gasteiger partial charge in [-0.25, -0.2) is 0 Å². The number of cyclic esters (lactones) is 1. The van der Waals surface area contributed by atoms with E-state index in [1.165, 1.54) is 0 Å². The van der Waals surface area contributed by atoms with Crippen LogP contribution in [0.2, 0.25) is 0 Å². The van der Waals surface area contributed by atoms with Crippen LogP contribution in [0.15, 0.2) is 34.0 Å². The molecule has 4 heteroatoms. The number of Topliss-reactive ketones (excluding diaryl/α,β-unsaturated/α-hetero) is 1. The monoisotopic (exact) mass is 308 g/mol. The van der Waals surface area contributed by atoms with Crippen LogP contribution >= 0.6 is 15.9 Å². The number of ether oxygens (including phenoxy) is 1. The molecule has 18 heavy (non-hydrogen) atoms. The van der Waals surface area contributed by atoms with Gasteiger partial charge in [-0.2, -0.15) is 0 Å². The van der Waals surface area contributed by atoms with Crippen molar-refractivity contribution in [1.82, 2.24) is 0 Å². The molecular weight excluding hydrogens is 296 g/mol. The third-order valence-electron chi connectivity index (χ3n) is 3.12. The maximum Gasteiger partial charge on any atom is 0.326 e. The van der Waals surface area contributed by atoms with E-state index in [-0.39, 0.29) is 5.78 Å². The highest BCUT2D eigenvalue weighted by molar-refractivity contribution is 9.10. The zero-order chi connectivity index (χ0) is 13.4. The fraction of sp³-hybridized carbons (Fsp3) is 0.286. The molecule has 94 valence electrons. The number of allylic oxidation sites excluding steroid dienone is 2. The standard InChI is InChI=1S/C14H13BrO3/c1-7-4-5-10(11(15)6-7)12-13(16)8(2)9(3)18-14(12)17/h4-6,12H,1-3H3. The molecule has 0 bridgehead atoms. The van der Waals surface area contributed by atoms with E-state index in [2.05, 4.69) is 15.9 Å². The molecule has 1 unspecified atom stereocenters. The van der Waals surface area contributed by atoms with Crippen LogP contribution in [0, 0.1) is 6.92 Å². The zero-order valence-electron chi connectivity index (χ0n) is 10.4. The van der Waals surface area contributed by atoms with E-state index < -0.39 is 11.9 Å². The normalized spacial score (nSPS) is 20.1. The van der Waals surface area contributed by atoms with Gasteiger partial charge in [-0.15, -0.1) is 0 Å². The van der Waals surface area contributed by atoms with E-state index in [9.17, 15) is 9.59 Å². The molecule has 0 aliphatic carbocycles. The van der Waals surface area contributed by atoms with E-state index in [1.54, 1.807) is 19.9 Å². The Morgan fingerprint density at radius 3 is 2.44 bits per heavy atom. The van der Waals surface area contributed by atoms with Gasteiger partial charge in [0.15, 0.2) is 5.78 Å². The first kappa shape index (κ1) is 13.0. The molecule has 1 aromatic rings. The largest absolute Gasteiger partial charge is 0.430 e. The average Bonchev–Trinajstić information content (AvgIpc) is 2.29. The van der Waals surface area contributed by atoms with Crippen LogP contribution in [0.4, 0.5) is 0 Å². The smallest absolute Gasteiger partial charge is 0.326 e. The Kier molecular flexibility index (Phi) is 3.39. The van der Waals surface area contributed by atoms with Gasteiger partial charge in [0.05, 0.1) is 0 Å². The lowest BCUT2D eigenvalue weighted by atomic mass is 9.88. The van der Waals surface area contributed by atoms with Crippen LogP contribution in [-0.2, 0) is 14.3 Å². The maximum absolute atomic E-state index is 12.2. The quantitative estimate of drug-likeness (QED) is 0.591. The number of ketones is 1. The van der Waals surface area contributed by atoms with Gasteiger partial charge in [-0.05, 0) is 38.0 Å². The summed E-state index contributed by atoms with van der Waals surface area (Å²) in [5, 5.41) is 0. The van der Waals surface area contributed by atoms with Crippen molar-refractivity contribution in [3.05, 3.63) is 45.1 Å². The number of esters is 1. The summed E-state index contributed by atoms with van der Waals surface area (Å²) in [7, 11) is 0. The van der Waals surface area contributed by atoms with Crippen LogP contribution < -0.4 is 0 Å². The highest BCUT2D eigenvalue weighted by Crippen LogP contribution is 2.33. The van der Waals surface area contributed by atoms with Crippen molar-refractivity contribution in [3.63, 3.8) is 0 Å². The molecule has 0 saturated carbocycles. The molecule has 0 radical (unpaired) electrons. The number of aryl methyl sites for hydroxylation is 1. The lowest BCUT2D eigenvalue weighted by molar-refractivity contribution is -0.146. The Morgan fingerprint density at radius 1 is 1.17 bits per heavy atom. The molecule has 1 aliphatic rings. The molecule has 1 aliphatic heterocycles. The first-order valence-electron chi connectivity index (χ1n) is 5.61. The molecule has 1 aromatic carbocycles. The van der Waals surface area contributed by atoms with Crippen molar-refractivity contribution in [2.45, 2.75) is 26.7 Å². The molecule has 0 spiro atoms. The van der Waals surface area contributed by atoms with Gasteiger partial charge in [0, 0.05) is 10.0 Å². The number of carbonyl (C=O) groups is 2. The van der Waals surface area contributed by atoms with Crippen molar-refractivity contribution in [3.8, 4) is 0 Å². The van der Waals surface area contributed by atoms with Crippen molar-refractivity contribution in [2.75, 3.05) is 0 Å². The van der Waals surface area contributed by atoms with Gasteiger partial charge >= 0.3 is 5.97 Å². The Labute approximate surface area is 114 Å². The summed E-state index contributed by atoms with van der Waals surface area (Å²) in [6.07, 6.45) is 0. The minimum Gasteiger partial charge on any atom is -0.430 e. The van der Waals surface area contributed by atoms with Crippen molar-refractivity contribution < 1.29 is 14.3 Å². The molecule has 0 saturated heterocycles. The Bertz CT molecular complexity index is 572.